The first-order chi connectivity index (χ1) is 9.66. The lowest BCUT2D eigenvalue weighted by Gasteiger charge is -2.38. The Morgan fingerprint density at radius 2 is 1.05 bits per heavy atom. The summed E-state index contributed by atoms with van der Waals surface area (Å²) in [4.78, 5) is 10.5. The van der Waals surface area contributed by atoms with Crippen molar-refractivity contribution in [1.82, 2.24) is 0 Å². The fourth-order valence-electron chi connectivity index (χ4n) is 1.84. The molecular formula is C11H5F9O2. The van der Waals surface area contributed by atoms with Gasteiger partial charge in [0.15, 0.2) is 0 Å². The number of halogens is 9. The summed E-state index contributed by atoms with van der Waals surface area (Å²) in [7, 11) is 0. The van der Waals surface area contributed by atoms with Gasteiger partial charge in [-0.2, -0.15) is 39.5 Å². The molecule has 0 atom stereocenters. The smallest absolute Gasteiger partial charge is 0.416 e. The Balaban J connectivity index is 3.75. The number of carboxylic acids is 1. The van der Waals surface area contributed by atoms with Gasteiger partial charge < -0.3 is 5.11 Å². The number of carbonyl (C=O) groups is 1. The van der Waals surface area contributed by atoms with Crippen molar-refractivity contribution in [3.8, 4) is 0 Å². The molecule has 0 fully saturated rings. The third-order valence-electron chi connectivity index (χ3n) is 2.84. The van der Waals surface area contributed by atoms with E-state index in [1.54, 1.807) is 0 Å². The van der Waals surface area contributed by atoms with E-state index in [1.807, 2.05) is 0 Å². The fourth-order valence-corrected chi connectivity index (χ4v) is 1.84. The molecule has 0 heterocycles. The van der Waals surface area contributed by atoms with E-state index >= 15 is 0 Å². The highest BCUT2D eigenvalue weighted by atomic mass is 19.4. The minimum atomic E-state index is -6.73. The van der Waals surface area contributed by atoms with Crippen molar-refractivity contribution in [3.63, 3.8) is 0 Å². The number of hydrogen-bond donors (Lipinski definition) is 1. The van der Waals surface area contributed by atoms with Gasteiger partial charge in [-0.25, -0.2) is 4.79 Å². The molecule has 0 aliphatic carbocycles. The maximum atomic E-state index is 12.8. The van der Waals surface area contributed by atoms with E-state index < -0.39 is 41.0 Å². The lowest BCUT2D eigenvalue weighted by molar-refractivity contribution is -0.387. The van der Waals surface area contributed by atoms with Crippen LogP contribution in [0, 0.1) is 0 Å². The molecule has 1 aromatic carbocycles. The summed E-state index contributed by atoms with van der Waals surface area (Å²) in [5, 5.41) is 8.49. The normalized spacial score (nSPS) is 14.0. The van der Waals surface area contributed by atoms with Crippen LogP contribution in [0.25, 0.3) is 0 Å². The van der Waals surface area contributed by atoms with E-state index in [0.717, 1.165) is 0 Å². The zero-order chi connectivity index (χ0) is 17.6. The lowest BCUT2D eigenvalue weighted by atomic mass is 9.77. The summed E-state index contributed by atoms with van der Waals surface area (Å²) in [5.74, 6) is -1.72. The van der Waals surface area contributed by atoms with E-state index in [-0.39, 0.29) is 24.3 Å². The molecule has 0 aliphatic heterocycles. The Morgan fingerprint density at radius 1 is 0.727 bits per heavy atom. The molecule has 124 valence electrons. The van der Waals surface area contributed by atoms with Gasteiger partial charge in [-0.15, -0.1) is 0 Å². The number of aromatic carboxylic acids is 1. The van der Waals surface area contributed by atoms with Gasteiger partial charge in [0.2, 0.25) is 0 Å². The van der Waals surface area contributed by atoms with Crippen LogP contribution in [0.4, 0.5) is 39.5 Å². The predicted molar refractivity (Wildman–Crippen MR) is 53.2 cm³/mol. The summed E-state index contributed by atoms with van der Waals surface area (Å²) in [6.07, 6.45) is -20.2. The standard InChI is InChI=1S/C11H5F9O2/c12-9(13,14)8(10(15,16)17,11(18,19)20)6-3-1-5(2-4-6)7(21)22/h1-4H,(H,21,22). The summed E-state index contributed by atoms with van der Waals surface area (Å²) >= 11 is 0. The van der Waals surface area contributed by atoms with Crippen molar-refractivity contribution < 1.29 is 49.4 Å². The van der Waals surface area contributed by atoms with Gasteiger partial charge in [0.1, 0.15) is 0 Å². The van der Waals surface area contributed by atoms with Crippen molar-refractivity contribution in [1.29, 1.82) is 0 Å². The van der Waals surface area contributed by atoms with Gasteiger partial charge in [-0.1, -0.05) is 12.1 Å². The molecule has 11 heteroatoms. The zero-order valence-electron chi connectivity index (χ0n) is 10.1. The molecule has 0 amide bonds. The molecule has 0 aliphatic rings. The van der Waals surface area contributed by atoms with Crippen LogP contribution < -0.4 is 0 Å². The maximum Gasteiger partial charge on any atom is 0.416 e. The SMILES string of the molecule is O=C(O)c1ccc(C(C(F)(F)F)(C(F)(F)F)C(F)(F)F)cc1. The Labute approximate surface area is 116 Å². The minimum absolute atomic E-state index is 0.155. The maximum absolute atomic E-state index is 12.8. The Morgan fingerprint density at radius 3 is 1.27 bits per heavy atom. The molecule has 1 rings (SSSR count). The number of rotatable bonds is 2. The zero-order valence-corrected chi connectivity index (χ0v) is 10.1. The van der Waals surface area contributed by atoms with Crippen LogP contribution in [-0.2, 0) is 5.41 Å². The quantitative estimate of drug-likeness (QED) is 0.815. The molecule has 0 saturated heterocycles. The molecule has 2 nitrogen and oxygen atoms in total. The number of benzene rings is 1. The predicted octanol–water partition coefficient (Wildman–Crippen LogP) is 4.31. The van der Waals surface area contributed by atoms with E-state index in [4.69, 9.17) is 5.11 Å². The summed E-state index contributed by atoms with van der Waals surface area (Å²) < 4.78 is 115. The second kappa shape index (κ2) is 5.06. The molecule has 0 aromatic heterocycles. The summed E-state index contributed by atoms with van der Waals surface area (Å²) in [5.41, 5.74) is -9.03. The van der Waals surface area contributed by atoms with Gasteiger partial charge >= 0.3 is 24.5 Å². The lowest BCUT2D eigenvalue weighted by Crippen LogP contribution is -2.63. The molecule has 1 aromatic rings. The second-order valence-corrected chi connectivity index (χ2v) is 4.13. The van der Waals surface area contributed by atoms with Crippen LogP contribution in [0.1, 0.15) is 15.9 Å². The molecular weight excluding hydrogens is 335 g/mol. The van der Waals surface area contributed by atoms with Crippen LogP contribution in [0.15, 0.2) is 24.3 Å². The number of carboxylic acid groups (broad SMARTS) is 1. The number of alkyl halides is 9. The van der Waals surface area contributed by atoms with E-state index in [9.17, 15) is 44.3 Å². The van der Waals surface area contributed by atoms with Crippen LogP contribution in [0.2, 0.25) is 0 Å². The molecule has 0 unspecified atom stereocenters. The Kier molecular flexibility index (Phi) is 4.16. The van der Waals surface area contributed by atoms with Crippen LogP contribution in [0.5, 0.6) is 0 Å². The van der Waals surface area contributed by atoms with Gasteiger partial charge in [0, 0.05) is 0 Å². The van der Waals surface area contributed by atoms with Gasteiger partial charge in [-0.3, -0.25) is 0 Å². The van der Waals surface area contributed by atoms with Gasteiger partial charge in [-0.05, 0) is 17.7 Å². The van der Waals surface area contributed by atoms with E-state index in [2.05, 4.69) is 0 Å². The van der Waals surface area contributed by atoms with Crippen molar-refractivity contribution in [2.24, 2.45) is 0 Å². The largest absolute Gasteiger partial charge is 0.478 e. The summed E-state index contributed by atoms with van der Waals surface area (Å²) in [6, 6.07) is 0.154. The van der Waals surface area contributed by atoms with Crippen molar-refractivity contribution in [3.05, 3.63) is 35.4 Å². The highest BCUT2D eigenvalue weighted by Crippen LogP contribution is 2.60. The molecule has 0 saturated carbocycles. The Bertz CT molecular complexity index is 515. The first-order valence-electron chi connectivity index (χ1n) is 5.20. The molecule has 0 radical (unpaired) electrons. The Hall–Kier alpha value is -1.94. The number of hydrogen-bond acceptors (Lipinski definition) is 1. The van der Waals surface area contributed by atoms with Gasteiger partial charge in [0.25, 0.3) is 5.41 Å². The second-order valence-electron chi connectivity index (χ2n) is 4.13. The highest BCUT2D eigenvalue weighted by molar-refractivity contribution is 5.87. The van der Waals surface area contributed by atoms with E-state index in [1.165, 1.54) is 0 Å². The van der Waals surface area contributed by atoms with Crippen molar-refractivity contribution in [2.45, 2.75) is 23.9 Å². The highest BCUT2D eigenvalue weighted by Gasteiger charge is 2.84. The third kappa shape index (κ3) is 2.59. The molecule has 22 heavy (non-hydrogen) atoms. The van der Waals surface area contributed by atoms with Crippen LogP contribution in [0.3, 0.4) is 0 Å². The van der Waals surface area contributed by atoms with E-state index in [0.29, 0.717) is 0 Å². The topological polar surface area (TPSA) is 37.3 Å². The molecule has 0 spiro atoms. The minimum Gasteiger partial charge on any atom is -0.478 e. The van der Waals surface area contributed by atoms with Crippen LogP contribution >= 0.6 is 0 Å². The monoisotopic (exact) mass is 340 g/mol. The average molecular weight is 340 g/mol. The first-order valence-corrected chi connectivity index (χ1v) is 5.20. The van der Waals surface area contributed by atoms with Crippen molar-refractivity contribution >= 4 is 5.97 Å². The fraction of sp³-hybridized carbons (Fsp3) is 0.364. The average Bonchev–Trinajstić information content (AvgIpc) is 2.23. The van der Waals surface area contributed by atoms with Gasteiger partial charge in [0.05, 0.1) is 5.56 Å². The molecule has 0 bridgehead atoms. The molecule has 1 N–H and O–H groups in total. The summed E-state index contributed by atoms with van der Waals surface area (Å²) in [6.45, 7) is 0. The van der Waals surface area contributed by atoms with Crippen LogP contribution in [-0.4, -0.2) is 29.6 Å². The third-order valence-corrected chi connectivity index (χ3v) is 2.84. The first kappa shape index (κ1) is 18.1. The van der Waals surface area contributed by atoms with Crippen molar-refractivity contribution in [2.75, 3.05) is 0 Å².